The second-order valence-electron chi connectivity index (χ2n) is 9.24. The molecule has 0 saturated heterocycles. The summed E-state index contributed by atoms with van der Waals surface area (Å²) in [5.74, 6) is -0.0726. The molecule has 0 spiro atoms. The first kappa shape index (κ1) is 23.8. The van der Waals surface area contributed by atoms with Crippen molar-refractivity contribution in [1.82, 2.24) is 10.2 Å². The largest absolute Gasteiger partial charge is 0.444 e. The summed E-state index contributed by atoms with van der Waals surface area (Å²) in [5, 5.41) is 2.85. The Hall–Kier alpha value is -1.90. The molecule has 1 N–H and O–H groups in total. The topological polar surface area (TPSA) is 58.6 Å². The molecule has 2 aliphatic rings. The number of hydrogen-bond donors (Lipinski definition) is 1. The second kappa shape index (κ2) is 8.56. The molecule has 2 amide bonds. The van der Waals surface area contributed by atoms with Gasteiger partial charge in [-0.1, -0.05) is 6.07 Å². The van der Waals surface area contributed by atoms with Crippen molar-refractivity contribution in [2.75, 3.05) is 12.8 Å². The Morgan fingerprint density at radius 2 is 1.94 bits per heavy atom. The normalized spacial score (nSPS) is 24.0. The highest BCUT2D eigenvalue weighted by Gasteiger charge is 2.48. The lowest BCUT2D eigenvalue weighted by atomic mass is 9.95. The first-order valence-electron chi connectivity index (χ1n) is 10.4. The molecule has 1 heterocycles. The smallest absolute Gasteiger partial charge is 0.416 e. The van der Waals surface area contributed by atoms with Crippen LogP contribution in [0.15, 0.2) is 18.2 Å². The predicted octanol–water partition coefficient (Wildman–Crippen LogP) is 4.77. The van der Waals surface area contributed by atoms with Crippen molar-refractivity contribution >= 4 is 23.8 Å². The number of carbonyl (C=O) groups is 2. The van der Waals surface area contributed by atoms with Gasteiger partial charge < -0.3 is 15.0 Å². The van der Waals surface area contributed by atoms with Crippen LogP contribution in [0, 0.1) is 0 Å². The molecule has 1 aliphatic carbocycles. The van der Waals surface area contributed by atoms with Crippen LogP contribution in [-0.4, -0.2) is 46.1 Å². The van der Waals surface area contributed by atoms with Gasteiger partial charge in [-0.3, -0.25) is 4.79 Å². The molecule has 31 heavy (non-hydrogen) atoms. The fourth-order valence-electron chi connectivity index (χ4n) is 4.27. The highest BCUT2D eigenvalue weighted by atomic mass is 32.2. The fraction of sp³-hybridized carbons (Fsp3) is 0.636. The van der Waals surface area contributed by atoms with E-state index in [-0.39, 0.29) is 18.5 Å². The number of ether oxygens (including phenoxy) is 1. The van der Waals surface area contributed by atoms with Crippen molar-refractivity contribution in [2.45, 2.75) is 75.6 Å². The molecule has 2 atom stereocenters. The zero-order chi connectivity index (χ0) is 23.0. The number of benzene rings is 1. The third-order valence-corrected chi connectivity index (χ3v) is 7.13. The summed E-state index contributed by atoms with van der Waals surface area (Å²) in [6.07, 6.45) is -0.801. The number of carbonyl (C=O) groups excluding carboxylic acids is 2. The van der Waals surface area contributed by atoms with E-state index in [0.717, 1.165) is 17.7 Å². The number of alkyl halides is 3. The molecule has 2 unspecified atom stereocenters. The van der Waals surface area contributed by atoms with Crippen LogP contribution >= 0.6 is 11.8 Å². The summed E-state index contributed by atoms with van der Waals surface area (Å²) in [7, 11) is 0. The van der Waals surface area contributed by atoms with Crippen molar-refractivity contribution in [2.24, 2.45) is 0 Å². The molecule has 5 nitrogen and oxygen atoms in total. The van der Waals surface area contributed by atoms with E-state index in [2.05, 4.69) is 5.32 Å². The number of amides is 2. The van der Waals surface area contributed by atoms with E-state index in [1.54, 1.807) is 25.7 Å². The van der Waals surface area contributed by atoms with Gasteiger partial charge >= 0.3 is 12.3 Å². The van der Waals surface area contributed by atoms with Crippen molar-refractivity contribution < 1.29 is 27.5 Å². The summed E-state index contributed by atoms with van der Waals surface area (Å²) in [5.41, 5.74) is 0.104. The van der Waals surface area contributed by atoms with Crippen LogP contribution in [0.3, 0.4) is 0 Å². The third kappa shape index (κ3) is 5.48. The van der Waals surface area contributed by atoms with Gasteiger partial charge in [-0.05, 0) is 76.0 Å². The Labute approximate surface area is 185 Å². The average Bonchev–Trinajstić information content (AvgIpc) is 3.08. The maximum Gasteiger partial charge on any atom is 0.416 e. The van der Waals surface area contributed by atoms with Gasteiger partial charge in [0.05, 0.1) is 10.3 Å². The van der Waals surface area contributed by atoms with Crippen LogP contribution in [0.4, 0.5) is 18.0 Å². The summed E-state index contributed by atoms with van der Waals surface area (Å²) in [4.78, 5) is 27.2. The van der Waals surface area contributed by atoms with Gasteiger partial charge in [-0.25, -0.2) is 4.79 Å². The van der Waals surface area contributed by atoms with Crippen LogP contribution in [0.1, 0.15) is 56.7 Å². The maximum atomic E-state index is 13.4. The Morgan fingerprint density at radius 1 is 1.23 bits per heavy atom. The summed E-state index contributed by atoms with van der Waals surface area (Å²) in [6, 6.07) is 3.59. The van der Waals surface area contributed by atoms with Gasteiger partial charge in [0.2, 0.25) is 5.91 Å². The van der Waals surface area contributed by atoms with Crippen molar-refractivity contribution in [3.05, 3.63) is 34.9 Å². The number of halogens is 3. The molecule has 0 bridgehead atoms. The zero-order valence-corrected chi connectivity index (χ0v) is 19.1. The van der Waals surface area contributed by atoms with Crippen molar-refractivity contribution in [3.8, 4) is 0 Å². The van der Waals surface area contributed by atoms with Crippen molar-refractivity contribution in [3.63, 3.8) is 0 Å². The number of nitrogens with one attached hydrogen (secondary N) is 1. The highest BCUT2D eigenvalue weighted by Crippen LogP contribution is 2.43. The Bertz CT molecular complexity index is 853. The van der Waals surface area contributed by atoms with Crippen LogP contribution < -0.4 is 5.32 Å². The van der Waals surface area contributed by atoms with E-state index in [1.165, 1.54) is 17.8 Å². The summed E-state index contributed by atoms with van der Waals surface area (Å²) >= 11 is 1.45. The standard InChI is InChI=1S/C22H29F3N2O3S/c1-20(2,3)30-19(29)26-17-7-9-21(12-17,31-4)18(28)27-10-8-14-5-6-16(22(23,24)25)11-15(14)13-27/h5-6,11,17H,7-10,12-13H2,1-4H3,(H,26,29). The molecule has 9 heteroatoms. The molecule has 1 fully saturated rings. The number of rotatable bonds is 3. The molecule has 172 valence electrons. The highest BCUT2D eigenvalue weighted by molar-refractivity contribution is 8.00. The molecule has 1 aromatic rings. The molecule has 1 aromatic carbocycles. The Balaban J connectivity index is 1.70. The number of nitrogens with zero attached hydrogens (tertiary/aromatic N) is 1. The van der Waals surface area contributed by atoms with E-state index < -0.39 is 28.2 Å². The number of fused-ring (bicyclic) bond motifs is 1. The first-order valence-corrected chi connectivity index (χ1v) is 11.6. The van der Waals surface area contributed by atoms with Crippen LogP contribution in [0.2, 0.25) is 0 Å². The lowest BCUT2D eigenvalue weighted by Crippen LogP contribution is -2.48. The first-order chi connectivity index (χ1) is 14.3. The van der Waals surface area contributed by atoms with Gasteiger partial charge in [0, 0.05) is 19.1 Å². The van der Waals surface area contributed by atoms with Crippen LogP contribution in [0.5, 0.6) is 0 Å². The average molecular weight is 459 g/mol. The quantitative estimate of drug-likeness (QED) is 0.709. The maximum absolute atomic E-state index is 13.4. The molecular formula is C22H29F3N2O3S. The van der Waals surface area contributed by atoms with Gasteiger partial charge in [0.25, 0.3) is 0 Å². The monoisotopic (exact) mass is 458 g/mol. The minimum absolute atomic E-state index is 0.0726. The van der Waals surface area contributed by atoms with Crippen LogP contribution in [0.25, 0.3) is 0 Å². The summed E-state index contributed by atoms with van der Waals surface area (Å²) < 4.78 is 43.9. The lowest BCUT2D eigenvalue weighted by Gasteiger charge is -2.36. The lowest BCUT2D eigenvalue weighted by molar-refractivity contribution is -0.137. The predicted molar refractivity (Wildman–Crippen MR) is 114 cm³/mol. The van der Waals surface area contributed by atoms with Crippen LogP contribution in [-0.2, 0) is 28.7 Å². The van der Waals surface area contributed by atoms with Gasteiger partial charge in [-0.15, -0.1) is 11.8 Å². The van der Waals surface area contributed by atoms with E-state index >= 15 is 0 Å². The third-order valence-electron chi connectivity index (χ3n) is 5.81. The van der Waals surface area contributed by atoms with E-state index in [1.807, 2.05) is 6.26 Å². The molecule has 0 radical (unpaired) electrons. The molecule has 0 aromatic heterocycles. The number of alkyl carbamates (subject to hydrolysis) is 1. The number of hydrogen-bond acceptors (Lipinski definition) is 4. The van der Waals surface area contributed by atoms with Gasteiger partial charge in [0.1, 0.15) is 5.60 Å². The second-order valence-corrected chi connectivity index (χ2v) is 10.4. The van der Waals surface area contributed by atoms with Gasteiger partial charge in [-0.2, -0.15) is 13.2 Å². The minimum Gasteiger partial charge on any atom is -0.444 e. The molecule has 3 rings (SSSR count). The van der Waals surface area contributed by atoms with E-state index in [4.69, 9.17) is 4.74 Å². The number of thioether (sulfide) groups is 1. The SMILES string of the molecule is CSC1(C(=O)N2CCc3ccc(C(F)(F)F)cc3C2)CCC(NC(=O)OC(C)(C)C)C1. The Morgan fingerprint density at radius 3 is 2.55 bits per heavy atom. The fourth-order valence-corrected chi connectivity index (χ4v) is 5.26. The molecular weight excluding hydrogens is 429 g/mol. The molecule has 1 aliphatic heterocycles. The van der Waals surface area contributed by atoms with E-state index in [9.17, 15) is 22.8 Å². The summed E-state index contributed by atoms with van der Waals surface area (Å²) in [6.45, 7) is 6.01. The molecule has 1 saturated carbocycles. The van der Waals surface area contributed by atoms with Crippen molar-refractivity contribution in [1.29, 1.82) is 0 Å². The Kier molecular flexibility index (Phi) is 6.56. The minimum atomic E-state index is -4.41. The van der Waals surface area contributed by atoms with Gasteiger partial charge in [0.15, 0.2) is 0 Å². The van der Waals surface area contributed by atoms with E-state index in [0.29, 0.717) is 37.8 Å². The zero-order valence-electron chi connectivity index (χ0n) is 18.3.